The monoisotopic (exact) mass is 322 g/mol. The van der Waals surface area contributed by atoms with Crippen LogP contribution >= 0.6 is 0 Å². The summed E-state index contributed by atoms with van der Waals surface area (Å²) >= 11 is 0. The molecule has 1 saturated carbocycles. The molecule has 3 heteroatoms. The third-order valence-corrected chi connectivity index (χ3v) is 4.77. The summed E-state index contributed by atoms with van der Waals surface area (Å²) in [7, 11) is 0. The van der Waals surface area contributed by atoms with E-state index >= 15 is 0 Å². The van der Waals surface area contributed by atoms with E-state index in [1.165, 1.54) is 25.7 Å². The smallest absolute Gasteiger partial charge is 0.303 e. The van der Waals surface area contributed by atoms with Gasteiger partial charge in [-0.25, -0.2) is 0 Å². The van der Waals surface area contributed by atoms with Crippen LogP contribution in [0.4, 0.5) is 0 Å². The Morgan fingerprint density at radius 3 is 2.57 bits per heavy atom. The van der Waals surface area contributed by atoms with Crippen molar-refractivity contribution in [1.82, 2.24) is 0 Å². The number of aliphatic hydroxyl groups excluding tert-OH is 1. The van der Waals surface area contributed by atoms with Crippen molar-refractivity contribution >= 4 is 5.97 Å². The van der Waals surface area contributed by atoms with E-state index in [0.717, 1.165) is 32.1 Å². The number of carboxylic acids is 1. The SMILES string of the molecule is CCCCCC/C=C/C1C(O)CC[C@@H]1C/C=C\CCCC(=O)O. The molecule has 1 rings (SSSR count). The topological polar surface area (TPSA) is 57.5 Å². The van der Waals surface area contributed by atoms with Gasteiger partial charge in [0.15, 0.2) is 0 Å². The van der Waals surface area contributed by atoms with Crippen LogP contribution in [0.25, 0.3) is 0 Å². The van der Waals surface area contributed by atoms with Crippen LogP contribution in [-0.4, -0.2) is 22.3 Å². The van der Waals surface area contributed by atoms with Crippen LogP contribution in [0.1, 0.15) is 77.6 Å². The molecular weight excluding hydrogens is 288 g/mol. The molecule has 2 unspecified atom stereocenters. The predicted octanol–water partition coefficient (Wildman–Crippen LogP) is 5.10. The van der Waals surface area contributed by atoms with Gasteiger partial charge in [-0.1, -0.05) is 50.5 Å². The van der Waals surface area contributed by atoms with Crippen molar-refractivity contribution in [3.8, 4) is 0 Å². The third kappa shape index (κ3) is 8.95. The average Bonchev–Trinajstić information content (AvgIpc) is 2.86. The fraction of sp³-hybridized carbons (Fsp3) is 0.750. The lowest BCUT2D eigenvalue weighted by Crippen LogP contribution is -2.16. The molecule has 0 aliphatic heterocycles. The Balaban J connectivity index is 2.26. The fourth-order valence-electron chi connectivity index (χ4n) is 3.35. The molecule has 0 radical (unpaired) electrons. The number of aliphatic hydroxyl groups is 1. The number of aliphatic carboxylic acids is 1. The van der Waals surface area contributed by atoms with E-state index in [-0.39, 0.29) is 12.5 Å². The normalized spacial score (nSPS) is 24.9. The van der Waals surface area contributed by atoms with Crippen LogP contribution in [-0.2, 0) is 4.79 Å². The van der Waals surface area contributed by atoms with E-state index in [9.17, 15) is 9.90 Å². The van der Waals surface area contributed by atoms with E-state index in [2.05, 4.69) is 31.2 Å². The largest absolute Gasteiger partial charge is 0.481 e. The summed E-state index contributed by atoms with van der Waals surface area (Å²) < 4.78 is 0. The van der Waals surface area contributed by atoms with Crippen LogP contribution in [0.3, 0.4) is 0 Å². The third-order valence-electron chi connectivity index (χ3n) is 4.77. The van der Waals surface area contributed by atoms with Gasteiger partial charge in [0.1, 0.15) is 0 Å². The summed E-state index contributed by atoms with van der Waals surface area (Å²) in [4.78, 5) is 10.4. The maximum absolute atomic E-state index is 10.4. The second kappa shape index (κ2) is 12.3. The minimum atomic E-state index is -0.721. The maximum Gasteiger partial charge on any atom is 0.303 e. The lowest BCUT2D eigenvalue weighted by molar-refractivity contribution is -0.137. The van der Waals surface area contributed by atoms with Gasteiger partial charge in [-0.2, -0.15) is 0 Å². The molecule has 1 aliphatic carbocycles. The summed E-state index contributed by atoms with van der Waals surface area (Å²) in [5, 5.41) is 18.8. The van der Waals surface area contributed by atoms with Gasteiger partial charge >= 0.3 is 5.97 Å². The summed E-state index contributed by atoms with van der Waals surface area (Å²) in [6.45, 7) is 2.23. The van der Waals surface area contributed by atoms with E-state index in [1.54, 1.807) is 0 Å². The van der Waals surface area contributed by atoms with Crippen LogP contribution in [0.2, 0.25) is 0 Å². The first-order valence-electron chi connectivity index (χ1n) is 9.36. The Hall–Kier alpha value is -1.09. The van der Waals surface area contributed by atoms with E-state index < -0.39 is 5.97 Å². The lowest BCUT2D eigenvalue weighted by Gasteiger charge is -2.17. The molecule has 2 N–H and O–H groups in total. The second-order valence-corrected chi connectivity index (χ2v) is 6.75. The number of carboxylic acid groups (broad SMARTS) is 1. The minimum Gasteiger partial charge on any atom is -0.481 e. The molecule has 23 heavy (non-hydrogen) atoms. The summed E-state index contributed by atoms with van der Waals surface area (Å²) in [5.41, 5.74) is 0. The molecule has 0 bridgehead atoms. The average molecular weight is 322 g/mol. The molecule has 1 aliphatic rings. The highest BCUT2D eigenvalue weighted by Gasteiger charge is 2.31. The van der Waals surface area contributed by atoms with Crippen molar-refractivity contribution in [3.05, 3.63) is 24.3 Å². The molecular formula is C20H34O3. The zero-order valence-corrected chi connectivity index (χ0v) is 14.6. The Bertz CT molecular complexity index is 373. The number of allylic oxidation sites excluding steroid dienone is 3. The fourth-order valence-corrected chi connectivity index (χ4v) is 3.35. The van der Waals surface area contributed by atoms with Gasteiger partial charge in [0.2, 0.25) is 0 Å². The van der Waals surface area contributed by atoms with Crippen molar-refractivity contribution in [2.45, 2.75) is 83.7 Å². The molecule has 0 aromatic rings. The number of unbranched alkanes of at least 4 members (excludes halogenated alkanes) is 5. The van der Waals surface area contributed by atoms with Crippen molar-refractivity contribution in [2.75, 3.05) is 0 Å². The zero-order valence-electron chi connectivity index (χ0n) is 14.6. The molecule has 0 amide bonds. The predicted molar refractivity (Wildman–Crippen MR) is 95.4 cm³/mol. The minimum absolute atomic E-state index is 0.188. The zero-order chi connectivity index (χ0) is 16.9. The first kappa shape index (κ1) is 20.0. The van der Waals surface area contributed by atoms with Gasteiger partial charge in [-0.3, -0.25) is 4.79 Å². The van der Waals surface area contributed by atoms with Gasteiger partial charge in [0, 0.05) is 12.3 Å². The lowest BCUT2D eigenvalue weighted by atomic mass is 9.91. The van der Waals surface area contributed by atoms with E-state index in [1.807, 2.05) is 0 Å². The van der Waals surface area contributed by atoms with Gasteiger partial charge in [0.05, 0.1) is 6.10 Å². The van der Waals surface area contributed by atoms with Gasteiger partial charge in [-0.05, 0) is 50.9 Å². The molecule has 0 saturated heterocycles. The van der Waals surface area contributed by atoms with Crippen molar-refractivity contribution in [3.63, 3.8) is 0 Å². The Morgan fingerprint density at radius 1 is 1.04 bits per heavy atom. The maximum atomic E-state index is 10.4. The molecule has 132 valence electrons. The van der Waals surface area contributed by atoms with Gasteiger partial charge < -0.3 is 10.2 Å². The summed E-state index contributed by atoms with van der Waals surface area (Å²) in [5.74, 6) is 0.110. The van der Waals surface area contributed by atoms with Gasteiger partial charge in [-0.15, -0.1) is 0 Å². The number of hydrogen-bond acceptors (Lipinski definition) is 2. The molecule has 3 atom stereocenters. The highest BCUT2D eigenvalue weighted by molar-refractivity contribution is 5.66. The molecule has 1 fully saturated rings. The standard InChI is InChI=1S/C20H34O3/c1-2-3-4-5-6-10-13-18-17(15-16-19(18)21)12-9-7-8-11-14-20(22)23/h7,9-10,13,17-19,21H,2-6,8,11-12,14-16H2,1H3,(H,22,23)/b9-7-,13-10+/t17-,18?,19?/m0/s1. The van der Waals surface area contributed by atoms with Crippen molar-refractivity contribution in [2.24, 2.45) is 11.8 Å². The quantitative estimate of drug-likeness (QED) is 0.388. The molecule has 0 heterocycles. The first-order chi connectivity index (χ1) is 11.1. The van der Waals surface area contributed by atoms with Crippen LogP contribution < -0.4 is 0 Å². The van der Waals surface area contributed by atoms with Crippen LogP contribution in [0.5, 0.6) is 0 Å². The number of rotatable bonds is 12. The van der Waals surface area contributed by atoms with E-state index in [4.69, 9.17) is 5.11 Å². The summed E-state index contributed by atoms with van der Waals surface area (Å²) in [6, 6.07) is 0. The number of carbonyl (C=O) groups is 1. The Labute approximate surface area is 141 Å². The van der Waals surface area contributed by atoms with E-state index in [0.29, 0.717) is 18.3 Å². The van der Waals surface area contributed by atoms with Crippen molar-refractivity contribution in [1.29, 1.82) is 0 Å². The Kier molecular flexibility index (Phi) is 10.7. The summed E-state index contributed by atoms with van der Waals surface area (Å²) in [6.07, 6.45) is 19.6. The van der Waals surface area contributed by atoms with Gasteiger partial charge in [0.25, 0.3) is 0 Å². The first-order valence-corrected chi connectivity index (χ1v) is 9.36. The Morgan fingerprint density at radius 2 is 1.83 bits per heavy atom. The molecule has 0 aromatic heterocycles. The van der Waals surface area contributed by atoms with Crippen LogP contribution in [0, 0.1) is 11.8 Å². The van der Waals surface area contributed by atoms with Crippen molar-refractivity contribution < 1.29 is 15.0 Å². The molecule has 0 aromatic carbocycles. The second-order valence-electron chi connectivity index (χ2n) is 6.75. The highest BCUT2D eigenvalue weighted by Crippen LogP contribution is 2.36. The molecule has 3 nitrogen and oxygen atoms in total. The highest BCUT2D eigenvalue weighted by atomic mass is 16.4. The van der Waals surface area contributed by atoms with Crippen LogP contribution in [0.15, 0.2) is 24.3 Å². The molecule has 0 spiro atoms. The number of hydrogen-bond donors (Lipinski definition) is 2.